The van der Waals surface area contributed by atoms with Crippen molar-refractivity contribution in [2.45, 2.75) is 147 Å². The van der Waals surface area contributed by atoms with Crippen LogP contribution >= 0.6 is 15.0 Å². The molecule has 0 saturated carbocycles. The molecule has 0 aromatic rings. The van der Waals surface area contributed by atoms with E-state index in [1.54, 1.807) is 0 Å². The summed E-state index contributed by atoms with van der Waals surface area (Å²) in [5, 5.41) is -0.217. The molecular formula is C27H53NO10P2SSi2. The second-order valence-electron chi connectivity index (χ2n) is 14.3. The van der Waals surface area contributed by atoms with Crippen molar-refractivity contribution in [2.24, 2.45) is 0 Å². The minimum Gasteiger partial charge on any atom is -0.566 e. The van der Waals surface area contributed by atoms with Gasteiger partial charge in [0.25, 0.3) is 0 Å². The van der Waals surface area contributed by atoms with Crippen LogP contribution in [0.15, 0.2) is 0 Å². The molecule has 2 saturated heterocycles. The maximum atomic E-state index is 11.8. The van der Waals surface area contributed by atoms with Crippen molar-refractivity contribution in [2.75, 3.05) is 19.8 Å². The topological polar surface area (TPSA) is 118 Å². The zero-order chi connectivity index (χ0) is 33.9. The first-order valence-electron chi connectivity index (χ1n) is 15.4. The van der Waals surface area contributed by atoms with Gasteiger partial charge in [0.05, 0.1) is 24.9 Å². The molecule has 0 amide bonds. The number of hydrogen-bond donors (Lipinski definition) is 0. The van der Waals surface area contributed by atoms with Crippen molar-refractivity contribution < 1.29 is 47.2 Å². The largest absolute Gasteiger partial charge is 0.566 e. The predicted octanol–water partition coefficient (Wildman–Crippen LogP) is 6.33. The molecule has 2 rings (SSSR count). The summed E-state index contributed by atoms with van der Waals surface area (Å²) in [7, 11) is -7.84. The Bertz CT molecular complexity index is 1070. The minimum atomic E-state index is -3.60. The van der Waals surface area contributed by atoms with Crippen LogP contribution in [0.4, 0.5) is 0 Å². The van der Waals surface area contributed by atoms with Crippen molar-refractivity contribution >= 4 is 43.4 Å². The molecule has 0 aromatic heterocycles. The fourth-order valence-corrected chi connectivity index (χ4v) is 9.54. The molecular weight excluding hydrogens is 648 g/mol. The SMILES string of the molecule is [2H]C[C@H]1O[C@@H](C)[C@@H](O[Si](C)(C)C(C)(C)C)C1OP(=S)(OCC[N+]#[C-])OC[C@H]1O[C@@H](C)[C@@H](O[Si](C)(C)C(C)(C)C)C1O[P+](=O)[O-]. The van der Waals surface area contributed by atoms with Crippen LogP contribution in [0.1, 0.15) is 63.7 Å². The molecule has 2 fully saturated rings. The number of rotatable bonds is 14. The van der Waals surface area contributed by atoms with Gasteiger partial charge in [-0.1, -0.05) is 41.5 Å². The molecule has 0 aromatic carbocycles. The Morgan fingerprint density at radius 2 is 1.44 bits per heavy atom. The highest BCUT2D eigenvalue weighted by Gasteiger charge is 2.53. The average molecular weight is 703 g/mol. The molecule has 2 aliphatic rings. The first-order valence-corrected chi connectivity index (χ1v) is 24.1. The molecule has 2 heterocycles. The van der Waals surface area contributed by atoms with E-state index < -0.39 is 74.3 Å². The first-order chi connectivity index (χ1) is 20.0. The van der Waals surface area contributed by atoms with E-state index in [0.29, 0.717) is 0 Å². The molecule has 0 spiro atoms. The van der Waals surface area contributed by atoms with Gasteiger partial charge in [0, 0.05) is 1.37 Å². The highest BCUT2D eigenvalue weighted by atomic mass is 32.5. The molecule has 2 aliphatic heterocycles. The Kier molecular flexibility index (Phi) is 13.2. The zero-order valence-electron chi connectivity index (χ0n) is 28.8. The van der Waals surface area contributed by atoms with Gasteiger partial charge in [0.15, 0.2) is 22.7 Å². The summed E-state index contributed by atoms with van der Waals surface area (Å²) in [5.41, 5.74) is 0. The predicted molar refractivity (Wildman–Crippen MR) is 173 cm³/mol. The number of nitrogens with zero attached hydrogens (tertiary/aromatic N) is 1. The van der Waals surface area contributed by atoms with Crippen LogP contribution in [0, 0.1) is 6.57 Å². The quantitative estimate of drug-likeness (QED) is 0.0875. The maximum Gasteiger partial charge on any atom is 0.488 e. The summed E-state index contributed by atoms with van der Waals surface area (Å²) < 4.78 is 69.3. The van der Waals surface area contributed by atoms with Crippen LogP contribution < -0.4 is 4.89 Å². The van der Waals surface area contributed by atoms with E-state index in [9.17, 15) is 9.46 Å². The molecule has 11 nitrogen and oxygen atoms in total. The molecule has 250 valence electrons. The monoisotopic (exact) mass is 702 g/mol. The normalized spacial score (nSPS) is 32.7. The highest BCUT2D eigenvalue weighted by molar-refractivity contribution is 8.07. The Balaban J connectivity index is 2.35. The molecule has 0 aliphatic carbocycles. The summed E-state index contributed by atoms with van der Waals surface area (Å²) in [6, 6.07) is 0. The number of ether oxygens (including phenoxy) is 2. The maximum absolute atomic E-state index is 11.8. The van der Waals surface area contributed by atoms with Gasteiger partial charge in [-0.15, -0.1) is 4.52 Å². The molecule has 43 heavy (non-hydrogen) atoms. The third kappa shape index (κ3) is 10.4. The summed E-state index contributed by atoms with van der Waals surface area (Å²) >= 11 is 5.86. The van der Waals surface area contributed by atoms with E-state index in [1.807, 2.05) is 13.8 Å². The van der Waals surface area contributed by atoms with Gasteiger partial charge in [0.2, 0.25) is 6.54 Å². The lowest BCUT2D eigenvalue weighted by Gasteiger charge is -2.40. The average Bonchev–Trinajstić information content (AvgIpc) is 3.31. The molecule has 4 unspecified atom stereocenters. The van der Waals surface area contributed by atoms with Gasteiger partial charge in [-0.3, -0.25) is 4.52 Å². The standard InChI is InChI=1S/C27H53NO10P2SSi2/c1-18-22(23(19(2)33-18)37-42(11,12)26(4,5)6)36-40(41,31-16-15-28-10)32-17-21-25(35-39(29)30)24(20(3)34-21)38-43(13,14)27(7,8)9/h18-25H,15-17H2,1-9,11-14H3/t18-,19+,20+,21-,22?,23-,24-,25?,40?/m1/s1/i1D. The van der Waals surface area contributed by atoms with Gasteiger partial charge >= 0.3 is 15.0 Å². The van der Waals surface area contributed by atoms with Crippen molar-refractivity contribution in [1.82, 2.24) is 0 Å². The van der Waals surface area contributed by atoms with E-state index in [2.05, 4.69) is 72.6 Å². The Labute approximate surface area is 268 Å². The summed E-state index contributed by atoms with van der Waals surface area (Å²) in [4.78, 5) is 15.1. The lowest BCUT2D eigenvalue weighted by Crippen LogP contribution is -2.49. The lowest BCUT2D eigenvalue weighted by atomic mass is 10.1. The van der Waals surface area contributed by atoms with E-state index in [1.165, 1.54) is 0 Å². The molecule has 10 atom stereocenters. The highest BCUT2D eigenvalue weighted by Crippen LogP contribution is 2.54. The zero-order valence-corrected chi connectivity index (χ0v) is 32.4. The van der Waals surface area contributed by atoms with Gasteiger partial charge in [0.1, 0.15) is 31.0 Å². The van der Waals surface area contributed by atoms with Crippen molar-refractivity contribution in [1.29, 1.82) is 0 Å². The fourth-order valence-electron chi connectivity index (χ4n) is 4.28. The van der Waals surface area contributed by atoms with Gasteiger partial charge in [-0.05, 0) is 73.4 Å². The van der Waals surface area contributed by atoms with Crippen LogP contribution in [0.3, 0.4) is 0 Å². The summed E-state index contributed by atoms with van der Waals surface area (Å²) in [6.07, 6.45) is -5.25. The van der Waals surface area contributed by atoms with Gasteiger partial charge in [-0.2, -0.15) is 0 Å². The fraction of sp³-hybridized carbons (Fsp3) is 0.963. The second-order valence-corrected chi connectivity index (χ2v) is 27.4. The molecule has 0 N–H and O–H groups in total. The van der Waals surface area contributed by atoms with Gasteiger partial charge < -0.3 is 37.1 Å². The summed E-state index contributed by atoms with van der Waals surface area (Å²) in [6.45, 7) is 28.1. The lowest BCUT2D eigenvalue weighted by molar-refractivity contribution is -0.193. The third-order valence-electron chi connectivity index (χ3n) is 8.87. The Morgan fingerprint density at radius 1 is 0.930 bits per heavy atom. The van der Waals surface area contributed by atoms with E-state index in [4.69, 9.17) is 56.2 Å². The van der Waals surface area contributed by atoms with Gasteiger partial charge in [-0.25, -0.2) is 6.57 Å². The van der Waals surface area contributed by atoms with Crippen LogP contribution in [-0.2, 0) is 52.8 Å². The molecule has 0 bridgehead atoms. The first kappa shape index (κ1) is 37.8. The smallest absolute Gasteiger partial charge is 0.488 e. The van der Waals surface area contributed by atoms with E-state index in [-0.39, 0.29) is 42.8 Å². The van der Waals surface area contributed by atoms with E-state index >= 15 is 0 Å². The Hall–Kier alpha value is 0.314. The van der Waals surface area contributed by atoms with Crippen LogP contribution in [-0.4, -0.2) is 85.2 Å². The molecule has 16 heteroatoms. The minimum absolute atomic E-state index is 0.0331. The van der Waals surface area contributed by atoms with Crippen LogP contribution in [0.25, 0.3) is 4.85 Å². The van der Waals surface area contributed by atoms with E-state index in [0.717, 1.165) is 0 Å². The van der Waals surface area contributed by atoms with Crippen LogP contribution in [0.5, 0.6) is 0 Å². The Morgan fingerprint density at radius 3 is 1.91 bits per heavy atom. The van der Waals surface area contributed by atoms with Crippen molar-refractivity contribution in [3.63, 3.8) is 0 Å². The third-order valence-corrected chi connectivity index (χ3v) is 20.6. The second kappa shape index (κ2) is 15.0. The van der Waals surface area contributed by atoms with Crippen LogP contribution in [0.2, 0.25) is 36.3 Å². The summed E-state index contributed by atoms with van der Waals surface area (Å²) in [5.74, 6) is 0. The number of hydrogen-bond acceptors (Lipinski definition) is 11. The molecule has 0 radical (unpaired) electrons. The van der Waals surface area contributed by atoms with Crippen molar-refractivity contribution in [3.05, 3.63) is 11.4 Å². The van der Waals surface area contributed by atoms with Crippen molar-refractivity contribution in [3.8, 4) is 0 Å².